The van der Waals surface area contributed by atoms with Crippen molar-refractivity contribution in [1.82, 2.24) is 10.1 Å². The van der Waals surface area contributed by atoms with Gasteiger partial charge in [0.1, 0.15) is 5.76 Å². The Morgan fingerprint density at radius 1 is 1.28 bits per heavy atom. The van der Waals surface area contributed by atoms with Crippen LogP contribution in [0.3, 0.4) is 0 Å². The van der Waals surface area contributed by atoms with E-state index in [2.05, 4.69) is 27.2 Å². The number of amides is 1. The van der Waals surface area contributed by atoms with Crippen LogP contribution >= 0.6 is 0 Å². The smallest absolute Gasteiger partial charge is 0.269 e. The van der Waals surface area contributed by atoms with Gasteiger partial charge >= 0.3 is 0 Å². The van der Waals surface area contributed by atoms with Crippen LogP contribution in [0.2, 0.25) is 0 Å². The molecule has 9 nitrogen and oxygen atoms in total. The number of nitro benzene ring substituents is 1. The fourth-order valence-electron chi connectivity index (χ4n) is 3.59. The number of aromatic nitrogens is 1. The van der Waals surface area contributed by atoms with Crippen molar-refractivity contribution < 1.29 is 14.2 Å². The molecule has 1 N–H and O–H groups in total. The highest BCUT2D eigenvalue weighted by Gasteiger charge is 2.29. The van der Waals surface area contributed by atoms with Gasteiger partial charge in [-0.15, -0.1) is 0 Å². The molecule has 3 rings (SSSR count). The first-order chi connectivity index (χ1) is 14.0. The lowest BCUT2D eigenvalue weighted by atomic mass is 10.1. The standard InChI is InChI=1S/C20H27N5O4/c1-3-4-5-18(20(26)21-19-14-15(2)29-22-19)24-12-10-23(11-13-24)16-6-8-17(9-7-16)25(27)28/h6-9,14,18H,3-5,10-13H2,1-2H3,(H,21,22,26). The normalized spacial score (nSPS) is 15.9. The number of hydrogen-bond donors (Lipinski definition) is 1. The van der Waals surface area contributed by atoms with Crippen LogP contribution in [0.4, 0.5) is 17.2 Å². The molecule has 0 radical (unpaired) electrons. The lowest BCUT2D eigenvalue weighted by Gasteiger charge is -2.39. The average Bonchev–Trinajstić information content (AvgIpc) is 3.13. The molecule has 156 valence electrons. The Labute approximate surface area is 169 Å². The Kier molecular flexibility index (Phi) is 6.82. The van der Waals surface area contributed by atoms with E-state index in [9.17, 15) is 14.9 Å². The summed E-state index contributed by atoms with van der Waals surface area (Å²) in [7, 11) is 0. The highest BCUT2D eigenvalue weighted by molar-refractivity contribution is 5.94. The number of non-ortho nitro benzene ring substituents is 1. The van der Waals surface area contributed by atoms with Gasteiger partial charge in [-0.25, -0.2) is 0 Å². The second kappa shape index (κ2) is 9.51. The van der Waals surface area contributed by atoms with Crippen LogP contribution in [0, 0.1) is 17.0 Å². The van der Waals surface area contributed by atoms with Crippen molar-refractivity contribution in [3.05, 3.63) is 46.2 Å². The zero-order chi connectivity index (χ0) is 20.8. The van der Waals surface area contributed by atoms with Gasteiger partial charge < -0.3 is 14.7 Å². The van der Waals surface area contributed by atoms with Gasteiger partial charge in [-0.1, -0.05) is 24.9 Å². The molecule has 1 aromatic heterocycles. The molecule has 0 bridgehead atoms. The Bertz CT molecular complexity index is 828. The molecule has 2 aromatic rings. The van der Waals surface area contributed by atoms with Crippen LogP contribution in [-0.4, -0.2) is 53.1 Å². The number of aryl methyl sites for hydroxylation is 1. The topological polar surface area (TPSA) is 105 Å². The minimum atomic E-state index is -0.394. The molecule has 0 aliphatic carbocycles. The quantitative estimate of drug-likeness (QED) is 0.535. The Hall–Kier alpha value is -2.94. The number of nitrogens with one attached hydrogen (secondary N) is 1. The predicted octanol–water partition coefficient (Wildman–Crippen LogP) is 3.21. The molecular weight excluding hydrogens is 374 g/mol. The summed E-state index contributed by atoms with van der Waals surface area (Å²) in [6.45, 7) is 6.91. The van der Waals surface area contributed by atoms with Gasteiger partial charge in [-0.2, -0.15) is 0 Å². The first-order valence-electron chi connectivity index (χ1n) is 9.95. The van der Waals surface area contributed by atoms with Gasteiger partial charge in [0.2, 0.25) is 5.91 Å². The number of nitrogens with zero attached hydrogens (tertiary/aromatic N) is 4. The molecule has 29 heavy (non-hydrogen) atoms. The Morgan fingerprint density at radius 3 is 2.52 bits per heavy atom. The summed E-state index contributed by atoms with van der Waals surface area (Å²) in [5.41, 5.74) is 1.05. The van der Waals surface area contributed by atoms with E-state index in [1.165, 1.54) is 12.1 Å². The lowest BCUT2D eigenvalue weighted by Crippen LogP contribution is -2.54. The minimum Gasteiger partial charge on any atom is -0.369 e. The van der Waals surface area contributed by atoms with Gasteiger partial charge in [0.25, 0.3) is 5.69 Å². The Balaban J connectivity index is 1.61. The van der Waals surface area contributed by atoms with Crippen molar-refractivity contribution >= 4 is 23.1 Å². The molecular formula is C20H27N5O4. The lowest BCUT2D eigenvalue weighted by molar-refractivity contribution is -0.384. The van der Waals surface area contributed by atoms with E-state index in [-0.39, 0.29) is 17.6 Å². The maximum atomic E-state index is 12.9. The Morgan fingerprint density at radius 2 is 1.97 bits per heavy atom. The molecule has 0 spiro atoms. The van der Waals surface area contributed by atoms with Crippen LogP contribution in [0.1, 0.15) is 31.9 Å². The number of unbranched alkanes of at least 4 members (excludes halogenated alkanes) is 1. The van der Waals surface area contributed by atoms with E-state index in [1.807, 2.05) is 0 Å². The molecule has 1 fully saturated rings. The second-order valence-electron chi connectivity index (χ2n) is 7.27. The van der Waals surface area contributed by atoms with Gasteiger partial charge in [-0.05, 0) is 25.5 Å². The summed E-state index contributed by atoms with van der Waals surface area (Å²) in [5, 5.41) is 17.5. The van der Waals surface area contributed by atoms with Crippen molar-refractivity contribution in [2.24, 2.45) is 0 Å². The highest BCUT2D eigenvalue weighted by atomic mass is 16.6. The minimum absolute atomic E-state index is 0.0597. The van der Waals surface area contributed by atoms with Crippen molar-refractivity contribution in [1.29, 1.82) is 0 Å². The number of piperazine rings is 1. The summed E-state index contributed by atoms with van der Waals surface area (Å²) in [6, 6.07) is 8.11. The number of anilines is 2. The molecule has 1 aliphatic rings. The van der Waals surface area contributed by atoms with Crippen molar-refractivity contribution in [2.45, 2.75) is 39.2 Å². The zero-order valence-corrected chi connectivity index (χ0v) is 16.8. The largest absolute Gasteiger partial charge is 0.369 e. The third kappa shape index (κ3) is 5.32. The number of nitro groups is 1. The summed E-state index contributed by atoms with van der Waals surface area (Å²) < 4.78 is 5.03. The molecule has 0 saturated carbocycles. The van der Waals surface area contributed by atoms with Crippen molar-refractivity contribution in [2.75, 3.05) is 36.4 Å². The number of carbonyl (C=O) groups is 1. The molecule has 2 heterocycles. The molecule has 1 aliphatic heterocycles. The third-order valence-corrected chi connectivity index (χ3v) is 5.19. The average molecular weight is 401 g/mol. The summed E-state index contributed by atoms with van der Waals surface area (Å²) in [5.74, 6) is 1.04. The third-order valence-electron chi connectivity index (χ3n) is 5.19. The molecule has 1 amide bonds. The zero-order valence-electron chi connectivity index (χ0n) is 16.8. The van der Waals surface area contributed by atoms with Crippen LogP contribution in [-0.2, 0) is 4.79 Å². The number of benzene rings is 1. The monoisotopic (exact) mass is 401 g/mol. The SMILES string of the molecule is CCCCC(C(=O)Nc1cc(C)on1)N1CCN(c2ccc([N+](=O)[O-])cc2)CC1. The van der Waals surface area contributed by atoms with Crippen molar-refractivity contribution in [3.8, 4) is 0 Å². The number of carbonyl (C=O) groups excluding carboxylic acids is 1. The van der Waals surface area contributed by atoms with Crippen molar-refractivity contribution in [3.63, 3.8) is 0 Å². The molecule has 1 saturated heterocycles. The fraction of sp³-hybridized carbons (Fsp3) is 0.500. The molecule has 1 unspecified atom stereocenters. The van der Waals surface area contributed by atoms with Gasteiger partial charge in [0.05, 0.1) is 11.0 Å². The second-order valence-corrected chi connectivity index (χ2v) is 7.27. The molecule has 1 aromatic carbocycles. The van der Waals surface area contributed by atoms with E-state index < -0.39 is 4.92 Å². The first kappa shape index (κ1) is 20.8. The van der Waals surface area contributed by atoms with Crippen LogP contribution < -0.4 is 10.2 Å². The van der Waals surface area contributed by atoms with Crippen LogP contribution in [0.5, 0.6) is 0 Å². The maximum absolute atomic E-state index is 12.9. The van der Waals surface area contributed by atoms with E-state index in [1.54, 1.807) is 25.1 Å². The summed E-state index contributed by atoms with van der Waals surface area (Å²) in [6.07, 6.45) is 2.78. The van der Waals surface area contributed by atoms with E-state index in [4.69, 9.17) is 4.52 Å². The van der Waals surface area contributed by atoms with E-state index >= 15 is 0 Å². The van der Waals surface area contributed by atoms with Gasteiger partial charge in [0.15, 0.2) is 5.82 Å². The summed E-state index contributed by atoms with van der Waals surface area (Å²) in [4.78, 5) is 27.7. The highest BCUT2D eigenvalue weighted by Crippen LogP contribution is 2.22. The predicted molar refractivity (Wildman–Crippen MR) is 110 cm³/mol. The fourth-order valence-corrected chi connectivity index (χ4v) is 3.59. The maximum Gasteiger partial charge on any atom is 0.269 e. The van der Waals surface area contributed by atoms with Crippen LogP contribution in [0.15, 0.2) is 34.9 Å². The summed E-state index contributed by atoms with van der Waals surface area (Å²) >= 11 is 0. The number of hydrogen-bond acceptors (Lipinski definition) is 7. The molecule has 9 heteroatoms. The van der Waals surface area contributed by atoms with E-state index in [0.717, 1.165) is 51.1 Å². The molecule has 1 atom stereocenters. The van der Waals surface area contributed by atoms with Crippen LogP contribution in [0.25, 0.3) is 0 Å². The first-order valence-corrected chi connectivity index (χ1v) is 9.95. The number of rotatable bonds is 8. The van der Waals surface area contributed by atoms with Gasteiger partial charge in [-0.3, -0.25) is 19.8 Å². The van der Waals surface area contributed by atoms with E-state index in [0.29, 0.717) is 11.6 Å². The van der Waals surface area contributed by atoms with Gasteiger partial charge in [0, 0.05) is 50.1 Å².